The van der Waals surface area contributed by atoms with Crippen LogP contribution < -0.4 is 10.1 Å². The molecule has 1 aromatic rings. The Morgan fingerprint density at radius 2 is 2.09 bits per heavy atom. The Hall–Kier alpha value is -2.24. The SMILES string of the molecule is COC(=O)N1CCCC(C(=O)NCc2ccccc2OC)C1. The predicted molar refractivity (Wildman–Crippen MR) is 81.5 cm³/mol. The molecule has 1 unspecified atom stereocenters. The highest BCUT2D eigenvalue weighted by molar-refractivity contribution is 5.80. The number of benzene rings is 1. The summed E-state index contributed by atoms with van der Waals surface area (Å²) in [4.78, 5) is 25.4. The first-order chi connectivity index (χ1) is 10.7. The Morgan fingerprint density at radius 3 is 2.82 bits per heavy atom. The number of carbonyl (C=O) groups excluding carboxylic acids is 2. The van der Waals surface area contributed by atoms with E-state index in [0.717, 1.165) is 24.2 Å². The van der Waals surface area contributed by atoms with Crippen molar-refractivity contribution in [1.82, 2.24) is 10.2 Å². The summed E-state index contributed by atoms with van der Waals surface area (Å²) in [5.74, 6) is 0.518. The summed E-state index contributed by atoms with van der Waals surface area (Å²) >= 11 is 0. The Morgan fingerprint density at radius 1 is 1.32 bits per heavy atom. The van der Waals surface area contributed by atoms with Crippen LogP contribution >= 0.6 is 0 Å². The summed E-state index contributed by atoms with van der Waals surface area (Å²) < 4.78 is 9.98. The van der Waals surface area contributed by atoms with E-state index in [1.165, 1.54) is 7.11 Å². The van der Waals surface area contributed by atoms with E-state index in [0.29, 0.717) is 19.6 Å². The summed E-state index contributed by atoms with van der Waals surface area (Å²) in [6.45, 7) is 1.46. The minimum atomic E-state index is -0.373. The normalized spacial score (nSPS) is 17.7. The number of hydrogen-bond acceptors (Lipinski definition) is 4. The molecule has 1 aromatic carbocycles. The smallest absolute Gasteiger partial charge is 0.409 e. The van der Waals surface area contributed by atoms with Crippen LogP contribution in [0.25, 0.3) is 0 Å². The van der Waals surface area contributed by atoms with E-state index in [1.54, 1.807) is 12.0 Å². The van der Waals surface area contributed by atoms with Gasteiger partial charge in [-0.3, -0.25) is 4.79 Å². The predicted octanol–water partition coefficient (Wildman–Crippen LogP) is 1.79. The maximum Gasteiger partial charge on any atom is 0.409 e. The minimum absolute atomic E-state index is 0.0421. The zero-order valence-corrected chi connectivity index (χ0v) is 13.0. The molecule has 6 heteroatoms. The second-order valence-electron chi connectivity index (χ2n) is 5.28. The molecule has 1 heterocycles. The van der Waals surface area contributed by atoms with Crippen LogP contribution in [-0.4, -0.2) is 44.2 Å². The van der Waals surface area contributed by atoms with Gasteiger partial charge in [-0.15, -0.1) is 0 Å². The molecule has 0 aromatic heterocycles. The van der Waals surface area contributed by atoms with Crippen LogP contribution in [0.5, 0.6) is 5.75 Å². The van der Waals surface area contributed by atoms with Crippen molar-refractivity contribution in [2.75, 3.05) is 27.3 Å². The maximum absolute atomic E-state index is 12.3. The van der Waals surface area contributed by atoms with Crippen molar-refractivity contribution in [3.63, 3.8) is 0 Å². The van der Waals surface area contributed by atoms with Crippen molar-refractivity contribution in [2.24, 2.45) is 5.92 Å². The fourth-order valence-electron chi connectivity index (χ4n) is 2.66. The van der Waals surface area contributed by atoms with E-state index in [-0.39, 0.29) is 17.9 Å². The lowest BCUT2D eigenvalue weighted by atomic mass is 9.97. The van der Waals surface area contributed by atoms with Crippen molar-refractivity contribution in [3.8, 4) is 5.75 Å². The number of nitrogens with zero attached hydrogens (tertiary/aromatic N) is 1. The molecule has 1 aliphatic rings. The van der Waals surface area contributed by atoms with Crippen LogP contribution in [0.4, 0.5) is 4.79 Å². The maximum atomic E-state index is 12.3. The number of piperidine rings is 1. The molecule has 1 fully saturated rings. The van der Waals surface area contributed by atoms with Gasteiger partial charge in [-0.2, -0.15) is 0 Å². The van der Waals surface area contributed by atoms with Crippen LogP contribution in [0.15, 0.2) is 24.3 Å². The molecule has 0 bridgehead atoms. The van der Waals surface area contributed by atoms with Gasteiger partial charge in [0.15, 0.2) is 0 Å². The Kier molecular flexibility index (Phi) is 5.63. The van der Waals surface area contributed by atoms with Crippen molar-refractivity contribution in [2.45, 2.75) is 19.4 Å². The molecule has 1 saturated heterocycles. The molecule has 2 amide bonds. The van der Waals surface area contributed by atoms with E-state index in [4.69, 9.17) is 9.47 Å². The third-order valence-electron chi connectivity index (χ3n) is 3.87. The first-order valence-electron chi connectivity index (χ1n) is 7.38. The average Bonchev–Trinajstić information content (AvgIpc) is 2.59. The van der Waals surface area contributed by atoms with E-state index >= 15 is 0 Å². The first-order valence-corrected chi connectivity index (χ1v) is 7.38. The lowest BCUT2D eigenvalue weighted by Crippen LogP contribution is -2.45. The molecular weight excluding hydrogens is 284 g/mol. The monoisotopic (exact) mass is 306 g/mol. The number of rotatable bonds is 4. The van der Waals surface area contributed by atoms with Gasteiger partial charge in [-0.25, -0.2) is 4.79 Å². The van der Waals surface area contributed by atoms with Crippen molar-refractivity contribution >= 4 is 12.0 Å². The Bertz CT molecular complexity index is 533. The molecule has 1 aliphatic heterocycles. The number of methoxy groups -OCH3 is 2. The zero-order chi connectivity index (χ0) is 15.9. The van der Waals surface area contributed by atoms with Gasteiger partial charge in [-0.1, -0.05) is 18.2 Å². The summed E-state index contributed by atoms with van der Waals surface area (Å²) in [6.07, 6.45) is 1.22. The molecule has 0 radical (unpaired) electrons. The highest BCUT2D eigenvalue weighted by Gasteiger charge is 2.28. The van der Waals surface area contributed by atoms with Gasteiger partial charge in [0.05, 0.1) is 20.1 Å². The van der Waals surface area contributed by atoms with Crippen LogP contribution in [0.2, 0.25) is 0 Å². The fourth-order valence-corrected chi connectivity index (χ4v) is 2.66. The summed E-state index contributed by atoms with van der Waals surface area (Å²) in [6, 6.07) is 7.57. The number of amides is 2. The van der Waals surface area contributed by atoms with Crippen LogP contribution in [0, 0.1) is 5.92 Å². The van der Waals surface area contributed by atoms with Crippen LogP contribution in [-0.2, 0) is 16.1 Å². The van der Waals surface area contributed by atoms with E-state index in [2.05, 4.69) is 5.32 Å². The number of nitrogens with one attached hydrogen (secondary N) is 1. The molecule has 0 saturated carbocycles. The van der Waals surface area contributed by atoms with Crippen molar-refractivity contribution < 1.29 is 19.1 Å². The van der Waals surface area contributed by atoms with Crippen molar-refractivity contribution in [1.29, 1.82) is 0 Å². The summed E-state index contributed by atoms with van der Waals surface area (Å²) in [5.41, 5.74) is 0.930. The van der Waals surface area contributed by atoms with Gasteiger partial charge in [0.2, 0.25) is 5.91 Å². The Labute approximate surface area is 130 Å². The second-order valence-corrected chi connectivity index (χ2v) is 5.28. The second kappa shape index (κ2) is 7.68. The first kappa shape index (κ1) is 16.1. The van der Waals surface area contributed by atoms with Crippen molar-refractivity contribution in [3.05, 3.63) is 29.8 Å². The number of para-hydroxylation sites is 1. The fraction of sp³-hybridized carbons (Fsp3) is 0.500. The van der Waals surface area contributed by atoms with Gasteiger partial charge in [0.25, 0.3) is 0 Å². The third-order valence-corrected chi connectivity index (χ3v) is 3.87. The van der Waals surface area contributed by atoms with Gasteiger partial charge >= 0.3 is 6.09 Å². The summed E-state index contributed by atoms with van der Waals surface area (Å²) in [5, 5.41) is 2.92. The van der Waals surface area contributed by atoms with E-state index < -0.39 is 0 Å². The Balaban J connectivity index is 1.90. The summed E-state index contributed by atoms with van der Waals surface area (Å²) in [7, 11) is 2.96. The van der Waals surface area contributed by atoms with Gasteiger partial charge in [-0.05, 0) is 18.9 Å². The van der Waals surface area contributed by atoms with Crippen LogP contribution in [0.1, 0.15) is 18.4 Å². The third kappa shape index (κ3) is 3.90. The van der Waals surface area contributed by atoms with Crippen LogP contribution in [0.3, 0.4) is 0 Å². The van der Waals surface area contributed by atoms with E-state index in [9.17, 15) is 9.59 Å². The van der Waals surface area contributed by atoms with Gasteiger partial charge < -0.3 is 19.7 Å². The lowest BCUT2D eigenvalue weighted by molar-refractivity contribution is -0.126. The number of hydrogen-bond donors (Lipinski definition) is 1. The van der Waals surface area contributed by atoms with Gasteiger partial charge in [0, 0.05) is 25.2 Å². The lowest BCUT2D eigenvalue weighted by Gasteiger charge is -2.30. The average molecular weight is 306 g/mol. The molecule has 1 atom stereocenters. The van der Waals surface area contributed by atoms with Gasteiger partial charge in [0.1, 0.15) is 5.75 Å². The largest absolute Gasteiger partial charge is 0.496 e. The molecular formula is C16H22N2O4. The quantitative estimate of drug-likeness (QED) is 0.921. The highest BCUT2D eigenvalue weighted by Crippen LogP contribution is 2.19. The standard InChI is InChI=1S/C16H22N2O4/c1-21-14-8-4-3-6-12(14)10-17-15(19)13-7-5-9-18(11-13)16(20)22-2/h3-4,6,8,13H,5,7,9-11H2,1-2H3,(H,17,19). The highest BCUT2D eigenvalue weighted by atomic mass is 16.5. The van der Waals surface area contributed by atoms with E-state index in [1.807, 2.05) is 24.3 Å². The molecule has 0 spiro atoms. The zero-order valence-electron chi connectivity index (χ0n) is 13.0. The molecule has 120 valence electrons. The minimum Gasteiger partial charge on any atom is -0.496 e. The number of ether oxygens (including phenoxy) is 2. The number of carbonyl (C=O) groups is 2. The number of likely N-dealkylation sites (tertiary alicyclic amines) is 1. The topological polar surface area (TPSA) is 67.9 Å². The molecule has 2 rings (SSSR count). The molecule has 1 N–H and O–H groups in total. The molecule has 22 heavy (non-hydrogen) atoms. The molecule has 6 nitrogen and oxygen atoms in total. The molecule has 0 aliphatic carbocycles.